The maximum absolute atomic E-state index is 13.1. The number of hydrogen-bond acceptors (Lipinski definition) is 3. The first-order valence-corrected chi connectivity index (χ1v) is 7.76. The van der Waals surface area contributed by atoms with Gasteiger partial charge in [-0.25, -0.2) is 20.7 Å². The summed E-state index contributed by atoms with van der Waals surface area (Å²) in [5, 5.41) is 0. The Morgan fingerprint density at radius 3 is 2.78 bits per heavy atom. The second-order valence-electron chi connectivity index (χ2n) is 7.23. The number of ether oxygens (including phenoxy) is 1. The van der Waals surface area contributed by atoms with Crippen LogP contribution < -0.4 is 0 Å². The highest BCUT2D eigenvalue weighted by Crippen LogP contribution is 2.64. The van der Waals surface area contributed by atoms with E-state index in [-0.39, 0.29) is 17.9 Å². The summed E-state index contributed by atoms with van der Waals surface area (Å²) in [6, 6.07) is 2.93. The first-order chi connectivity index (χ1) is 10.8. The largest absolute Gasteiger partial charge is 0.444 e. The van der Waals surface area contributed by atoms with E-state index in [0.29, 0.717) is 18.8 Å². The number of piperidine rings is 1. The number of rotatable bonds is 1. The highest BCUT2D eigenvalue weighted by molar-refractivity contribution is 5.68. The van der Waals surface area contributed by atoms with E-state index < -0.39 is 17.0 Å². The van der Waals surface area contributed by atoms with Crippen molar-refractivity contribution in [1.82, 2.24) is 9.88 Å². The van der Waals surface area contributed by atoms with Crippen molar-refractivity contribution in [2.75, 3.05) is 13.1 Å². The van der Waals surface area contributed by atoms with E-state index in [4.69, 9.17) is 11.3 Å². The predicted octanol–water partition coefficient (Wildman–Crippen LogP) is 3.22. The van der Waals surface area contributed by atoms with Crippen LogP contribution in [0, 0.1) is 24.2 Å². The van der Waals surface area contributed by atoms with Crippen molar-refractivity contribution in [1.29, 1.82) is 0 Å². The van der Waals surface area contributed by atoms with Crippen LogP contribution in [0.3, 0.4) is 0 Å². The lowest BCUT2D eigenvalue weighted by Gasteiger charge is -2.28. The molecule has 1 aromatic rings. The van der Waals surface area contributed by atoms with Gasteiger partial charge in [0.2, 0.25) is 0 Å². The molecular weight excluding hydrogens is 297 g/mol. The van der Waals surface area contributed by atoms with Gasteiger partial charge in [0.05, 0.1) is 18.0 Å². The lowest BCUT2D eigenvalue weighted by Crippen LogP contribution is -2.40. The molecule has 0 bridgehead atoms. The van der Waals surface area contributed by atoms with Crippen molar-refractivity contribution in [3.05, 3.63) is 41.3 Å². The van der Waals surface area contributed by atoms with E-state index in [9.17, 15) is 9.18 Å². The van der Waals surface area contributed by atoms with Gasteiger partial charge in [-0.3, -0.25) is 0 Å². The summed E-state index contributed by atoms with van der Waals surface area (Å²) in [6.07, 6.45) is 1.55. The van der Waals surface area contributed by atoms with Crippen LogP contribution in [0.5, 0.6) is 0 Å². The fourth-order valence-electron chi connectivity index (χ4n) is 3.54. The number of pyridine rings is 1. The molecule has 1 aliphatic heterocycles. The van der Waals surface area contributed by atoms with Crippen molar-refractivity contribution in [3.63, 3.8) is 0 Å². The highest BCUT2D eigenvalue weighted by Gasteiger charge is 2.75. The minimum Gasteiger partial charge on any atom is -0.444 e. The molecule has 1 amide bonds. The van der Waals surface area contributed by atoms with E-state index in [0.717, 1.165) is 12.6 Å². The molecule has 1 saturated heterocycles. The van der Waals surface area contributed by atoms with Gasteiger partial charge in [0.25, 0.3) is 5.54 Å². The number of halogens is 1. The van der Waals surface area contributed by atoms with Gasteiger partial charge in [-0.15, -0.1) is 0 Å². The van der Waals surface area contributed by atoms with Gasteiger partial charge in [0.15, 0.2) is 0 Å². The minimum absolute atomic E-state index is 0.0410. The smallest absolute Gasteiger partial charge is 0.410 e. The maximum Gasteiger partial charge on any atom is 0.410 e. The fourth-order valence-corrected chi connectivity index (χ4v) is 3.54. The van der Waals surface area contributed by atoms with E-state index in [1.165, 1.54) is 6.07 Å². The minimum atomic E-state index is -0.718. The van der Waals surface area contributed by atoms with Gasteiger partial charge in [-0.05, 0) is 39.3 Å². The zero-order valence-electron chi connectivity index (χ0n) is 13.5. The van der Waals surface area contributed by atoms with Crippen LogP contribution in [0.25, 0.3) is 4.85 Å². The Balaban J connectivity index is 1.76. The van der Waals surface area contributed by atoms with Crippen molar-refractivity contribution >= 4 is 6.09 Å². The summed E-state index contributed by atoms with van der Waals surface area (Å²) in [4.78, 5) is 21.8. The summed E-state index contributed by atoms with van der Waals surface area (Å²) in [5.74, 6) is -0.191. The molecule has 1 saturated carbocycles. The molecule has 23 heavy (non-hydrogen) atoms. The molecule has 6 heteroatoms. The van der Waals surface area contributed by atoms with Crippen molar-refractivity contribution in [2.24, 2.45) is 11.8 Å². The van der Waals surface area contributed by atoms with Gasteiger partial charge >= 0.3 is 6.09 Å². The molecule has 2 fully saturated rings. The van der Waals surface area contributed by atoms with Crippen molar-refractivity contribution in [3.8, 4) is 0 Å². The summed E-state index contributed by atoms with van der Waals surface area (Å²) in [5.41, 5.74) is -0.646. The summed E-state index contributed by atoms with van der Waals surface area (Å²) < 4.78 is 18.5. The van der Waals surface area contributed by atoms with E-state index in [1.807, 2.05) is 20.8 Å². The van der Waals surface area contributed by atoms with Crippen LogP contribution in [0.4, 0.5) is 9.18 Å². The molecule has 5 nitrogen and oxygen atoms in total. The Labute approximate surface area is 135 Å². The highest BCUT2D eigenvalue weighted by atomic mass is 19.1. The zero-order valence-corrected chi connectivity index (χ0v) is 13.5. The molecule has 1 aromatic heterocycles. The topological polar surface area (TPSA) is 46.8 Å². The second kappa shape index (κ2) is 5.19. The quantitative estimate of drug-likeness (QED) is 0.747. The number of carbonyl (C=O) groups is 1. The average Bonchev–Trinajstić information content (AvgIpc) is 3.14. The van der Waals surface area contributed by atoms with Gasteiger partial charge < -0.3 is 14.5 Å². The third-order valence-electron chi connectivity index (χ3n) is 4.61. The maximum atomic E-state index is 13.1. The molecular formula is C17H20FN3O2. The predicted molar refractivity (Wildman–Crippen MR) is 81.9 cm³/mol. The number of carbonyl (C=O) groups excluding carboxylic acids is 1. The molecule has 2 aliphatic rings. The number of hydrogen-bond donors (Lipinski definition) is 0. The Bertz CT molecular complexity index is 662. The Morgan fingerprint density at radius 1 is 1.48 bits per heavy atom. The summed E-state index contributed by atoms with van der Waals surface area (Å²) in [6.45, 7) is 14.2. The Kier molecular flexibility index (Phi) is 3.55. The third-order valence-corrected chi connectivity index (χ3v) is 4.61. The van der Waals surface area contributed by atoms with Gasteiger partial charge in [-0.1, -0.05) is 0 Å². The first kappa shape index (κ1) is 15.7. The van der Waals surface area contributed by atoms with E-state index in [1.54, 1.807) is 11.0 Å². The van der Waals surface area contributed by atoms with Crippen molar-refractivity contribution in [2.45, 2.75) is 38.3 Å². The molecule has 122 valence electrons. The van der Waals surface area contributed by atoms with E-state index >= 15 is 0 Å². The van der Waals surface area contributed by atoms with Crippen LogP contribution in [-0.2, 0) is 10.3 Å². The summed E-state index contributed by atoms with van der Waals surface area (Å²) >= 11 is 0. The molecule has 2 heterocycles. The van der Waals surface area contributed by atoms with Crippen LogP contribution in [-0.4, -0.2) is 34.7 Å². The number of likely N-dealkylation sites (tertiary alicyclic amines) is 1. The number of aromatic nitrogens is 1. The third kappa shape index (κ3) is 2.65. The normalized spacial score (nSPS) is 29.4. The van der Waals surface area contributed by atoms with Gasteiger partial charge in [0.1, 0.15) is 17.1 Å². The lowest BCUT2D eigenvalue weighted by atomic mass is 10.1. The van der Waals surface area contributed by atoms with Crippen LogP contribution in [0.2, 0.25) is 0 Å². The number of amides is 1. The molecule has 0 aromatic carbocycles. The monoisotopic (exact) mass is 317 g/mol. The first-order valence-electron chi connectivity index (χ1n) is 7.76. The number of fused-ring (bicyclic) bond motifs is 1. The molecule has 3 rings (SSSR count). The zero-order chi connectivity index (χ0) is 16.8. The standard InChI is InChI=1S/C17H20FN3O2/c1-16(2,3)23-15(22)21-8-7-12-13(10-21)17(12,19-4)14-6-5-11(18)9-20-14/h5-6,9,12-13H,7-8,10H2,1-3H3. The number of nitrogens with zero attached hydrogens (tertiary/aromatic N) is 3. The van der Waals surface area contributed by atoms with Crippen LogP contribution >= 0.6 is 0 Å². The molecule has 3 atom stereocenters. The molecule has 0 radical (unpaired) electrons. The van der Waals surface area contributed by atoms with Crippen LogP contribution in [0.1, 0.15) is 32.9 Å². The van der Waals surface area contributed by atoms with Gasteiger partial charge in [0, 0.05) is 13.1 Å². The summed E-state index contributed by atoms with van der Waals surface area (Å²) in [7, 11) is 0. The molecule has 1 aliphatic carbocycles. The van der Waals surface area contributed by atoms with Gasteiger partial charge in [-0.2, -0.15) is 0 Å². The SMILES string of the molecule is [C-]#[N+]C1(c2ccc(F)cn2)C2CCN(C(=O)OC(C)(C)C)CC21. The van der Waals surface area contributed by atoms with E-state index in [2.05, 4.69) is 9.83 Å². The fraction of sp³-hybridized carbons (Fsp3) is 0.588. The molecule has 0 spiro atoms. The Hall–Kier alpha value is -2.16. The van der Waals surface area contributed by atoms with Crippen LogP contribution in [0.15, 0.2) is 18.3 Å². The second-order valence-corrected chi connectivity index (χ2v) is 7.23. The molecule has 0 N–H and O–H groups in total. The lowest BCUT2D eigenvalue weighted by molar-refractivity contribution is 0.0207. The average molecular weight is 317 g/mol. The molecule has 3 unspecified atom stereocenters. The van der Waals surface area contributed by atoms with Crippen molar-refractivity contribution < 1.29 is 13.9 Å². The Morgan fingerprint density at radius 2 is 2.22 bits per heavy atom.